The van der Waals surface area contributed by atoms with Gasteiger partial charge in [0.25, 0.3) is 0 Å². The molecule has 1 N–H and O–H groups in total. The summed E-state index contributed by atoms with van der Waals surface area (Å²) in [5, 5.41) is 11.5. The SMILES string of the molecule is COC(=O)c1cn(C2CCCN(CC3CCNCC3)C2)nn1. The number of hydrogen-bond acceptors (Lipinski definition) is 6. The molecule has 7 nitrogen and oxygen atoms in total. The first kappa shape index (κ1) is 15.4. The number of carbonyl (C=O) groups excluding carboxylic acids is 1. The average Bonchev–Trinajstić information content (AvgIpc) is 3.05. The summed E-state index contributed by atoms with van der Waals surface area (Å²) in [6, 6.07) is 0.307. The van der Waals surface area contributed by atoms with E-state index in [1.165, 1.54) is 39.5 Å². The molecule has 0 spiro atoms. The van der Waals surface area contributed by atoms with Crippen molar-refractivity contribution in [1.29, 1.82) is 0 Å². The fraction of sp³-hybridized carbons (Fsp3) is 0.800. The molecule has 7 heteroatoms. The van der Waals surface area contributed by atoms with Crippen molar-refractivity contribution in [2.45, 2.75) is 31.7 Å². The molecular formula is C15H25N5O2. The maximum atomic E-state index is 11.5. The molecule has 3 heterocycles. The molecule has 0 bridgehead atoms. The zero-order valence-corrected chi connectivity index (χ0v) is 13.2. The Morgan fingerprint density at radius 2 is 2.23 bits per heavy atom. The van der Waals surface area contributed by atoms with Crippen LogP contribution >= 0.6 is 0 Å². The largest absolute Gasteiger partial charge is 0.464 e. The third-order valence-corrected chi connectivity index (χ3v) is 4.73. The van der Waals surface area contributed by atoms with E-state index < -0.39 is 5.97 Å². The van der Waals surface area contributed by atoms with Crippen LogP contribution in [0.1, 0.15) is 42.2 Å². The van der Waals surface area contributed by atoms with Gasteiger partial charge in [-0.05, 0) is 51.2 Å². The molecular weight excluding hydrogens is 282 g/mol. The number of methoxy groups -OCH3 is 1. The van der Waals surface area contributed by atoms with Crippen LogP contribution in [0.4, 0.5) is 0 Å². The van der Waals surface area contributed by atoms with Gasteiger partial charge >= 0.3 is 5.97 Å². The molecule has 22 heavy (non-hydrogen) atoms. The quantitative estimate of drug-likeness (QED) is 0.826. The number of rotatable bonds is 4. The summed E-state index contributed by atoms with van der Waals surface area (Å²) in [5.41, 5.74) is 0.290. The smallest absolute Gasteiger partial charge is 0.360 e. The molecule has 2 aliphatic rings. The maximum absolute atomic E-state index is 11.5. The highest BCUT2D eigenvalue weighted by Crippen LogP contribution is 2.23. The van der Waals surface area contributed by atoms with Gasteiger partial charge in [-0.25, -0.2) is 9.48 Å². The lowest BCUT2D eigenvalue weighted by molar-refractivity contribution is 0.0594. The highest BCUT2D eigenvalue weighted by molar-refractivity contribution is 5.86. The first-order chi connectivity index (χ1) is 10.8. The number of hydrogen-bond donors (Lipinski definition) is 1. The van der Waals surface area contributed by atoms with Gasteiger partial charge < -0.3 is 15.0 Å². The predicted octanol–water partition coefficient (Wildman–Crippen LogP) is 0.701. The number of nitrogens with zero attached hydrogens (tertiary/aromatic N) is 4. The predicted molar refractivity (Wildman–Crippen MR) is 81.7 cm³/mol. The van der Waals surface area contributed by atoms with E-state index in [2.05, 4.69) is 25.3 Å². The summed E-state index contributed by atoms with van der Waals surface area (Å²) in [6.07, 6.45) is 6.52. The van der Waals surface area contributed by atoms with Crippen molar-refractivity contribution >= 4 is 5.97 Å². The van der Waals surface area contributed by atoms with Crippen molar-refractivity contribution < 1.29 is 9.53 Å². The molecule has 3 rings (SSSR count). The number of carbonyl (C=O) groups is 1. The Hall–Kier alpha value is -1.47. The fourth-order valence-electron chi connectivity index (χ4n) is 3.50. The molecule has 0 saturated carbocycles. The highest BCUT2D eigenvalue weighted by Gasteiger charge is 2.25. The van der Waals surface area contributed by atoms with E-state index in [4.69, 9.17) is 0 Å². The van der Waals surface area contributed by atoms with Crippen LogP contribution < -0.4 is 5.32 Å². The van der Waals surface area contributed by atoms with Gasteiger partial charge in [-0.1, -0.05) is 5.21 Å². The third-order valence-electron chi connectivity index (χ3n) is 4.73. The first-order valence-electron chi connectivity index (χ1n) is 8.19. The van der Waals surface area contributed by atoms with Gasteiger partial charge in [0.15, 0.2) is 5.69 Å². The van der Waals surface area contributed by atoms with Crippen LogP contribution in [0.5, 0.6) is 0 Å². The highest BCUT2D eigenvalue weighted by atomic mass is 16.5. The number of piperidine rings is 2. The summed E-state index contributed by atoms with van der Waals surface area (Å²) in [6.45, 7) is 5.63. The van der Waals surface area contributed by atoms with Gasteiger partial charge in [-0.2, -0.15) is 0 Å². The van der Waals surface area contributed by atoms with E-state index in [-0.39, 0.29) is 5.69 Å². The van der Waals surface area contributed by atoms with Gasteiger partial charge in [0.2, 0.25) is 0 Å². The molecule has 1 aromatic heterocycles. The first-order valence-corrected chi connectivity index (χ1v) is 8.19. The topological polar surface area (TPSA) is 72.3 Å². The molecule has 2 saturated heterocycles. The molecule has 0 aliphatic carbocycles. The molecule has 1 unspecified atom stereocenters. The second-order valence-electron chi connectivity index (χ2n) is 6.32. The van der Waals surface area contributed by atoms with E-state index in [1.807, 2.05) is 4.68 Å². The van der Waals surface area contributed by atoms with E-state index in [0.29, 0.717) is 6.04 Å². The maximum Gasteiger partial charge on any atom is 0.360 e. The Morgan fingerprint density at radius 1 is 1.41 bits per heavy atom. The molecule has 0 aromatic carbocycles. The fourth-order valence-corrected chi connectivity index (χ4v) is 3.50. The molecule has 0 amide bonds. The lowest BCUT2D eigenvalue weighted by Crippen LogP contribution is -2.41. The monoisotopic (exact) mass is 307 g/mol. The molecule has 1 aromatic rings. The summed E-state index contributed by atoms with van der Waals surface area (Å²) >= 11 is 0. The Balaban J connectivity index is 1.57. The zero-order valence-electron chi connectivity index (χ0n) is 13.2. The Labute approximate surface area is 131 Å². The molecule has 2 fully saturated rings. The minimum absolute atomic E-state index is 0.290. The standard InChI is InChI=1S/C15H25N5O2/c1-22-15(21)14-11-20(18-17-14)13-3-2-8-19(10-13)9-12-4-6-16-7-5-12/h11-13,16H,2-10H2,1H3. The molecule has 0 radical (unpaired) electrons. The van der Waals surface area contributed by atoms with Crippen LogP contribution in [0.3, 0.4) is 0 Å². The van der Waals surface area contributed by atoms with E-state index in [1.54, 1.807) is 6.20 Å². The van der Waals surface area contributed by atoms with E-state index in [9.17, 15) is 4.79 Å². The van der Waals surface area contributed by atoms with E-state index >= 15 is 0 Å². The summed E-state index contributed by atoms with van der Waals surface area (Å²) in [7, 11) is 1.36. The molecule has 122 valence electrons. The lowest BCUT2D eigenvalue weighted by atomic mass is 9.96. The Bertz CT molecular complexity index is 498. The number of nitrogens with one attached hydrogen (secondary N) is 1. The number of aromatic nitrogens is 3. The van der Waals surface area contributed by atoms with Crippen LogP contribution in [-0.4, -0.2) is 65.7 Å². The molecule has 2 aliphatic heterocycles. The van der Waals surface area contributed by atoms with Crippen LogP contribution in [0.2, 0.25) is 0 Å². The van der Waals surface area contributed by atoms with Crippen LogP contribution in [0.15, 0.2) is 6.20 Å². The van der Waals surface area contributed by atoms with Gasteiger partial charge in [-0.3, -0.25) is 0 Å². The van der Waals surface area contributed by atoms with Crippen molar-refractivity contribution in [2.24, 2.45) is 5.92 Å². The lowest BCUT2D eigenvalue weighted by Gasteiger charge is -2.36. The number of esters is 1. The van der Waals surface area contributed by atoms with Crippen molar-refractivity contribution in [3.8, 4) is 0 Å². The summed E-state index contributed by atoms with van der Waals surface area (Å²) < 4.78 is 6.52. The average molecular weight is 307 g/mol. The molecule has 1 atom stereocenters. The van der Waals surface area contributed by atoms with Gasteiger partial charge in [0.05, 0.1) is 19.3 Å². The Kier molecular flexibility index (Phi) is 5.04. The van der Waals surface area contributed by atoms with Crippen molar-refractivity contribution in [3.63, 3.8) is 0 Å². The van der Waals surface area contributed by atoms with E-state index in [0.717, 1.165) is 32.0 Å². The minimum Gasteiger partial charge on any atom is -0.464 e. The van der Waals surface area contributed by atoms with Gasteiger partial charge in [-0.15, -0.1) is 5.10 Å². The number of ether oxygens (including phenoxy) is 1. The summed E-state index contributed by atoms with van der Waals surface area (Å²) in [5.74, 6) is 0.384. The zero-order chi connectivity index (χ0) is 15.4. The summed E-state index contributed by atoms with van der Waals surface area (Å²) in [4.78, 5) is 14.0. The van der Waals surface area contributed by atoms with Gasteiger partial charge in [0.1, 0.15) is 0 Å². The van der Waals surface area contributed by atoms with Crippen LogP contribution in [0.25, 0.3) is 0 Å². The van der Waals surface area contributed by atoms with Crippen LogP contribution in [0, 0.1) is 5.92 Å². The van der Waals surface area contributed by atoms with Crippen molar-refractivity contribution in [2.75, 3.05) is 39.8 Å². The number of likely N-dealkylation sites (tertiary alicyclic amines) is 1. The minimum atomic E-state index is -0.423. The van der Waals surface area contributed by atoms with Crippen molar-refractivity contribution in [1.82, 2.24) is 25.2 Å². The second-order valence-corrected chi connectivity index (χ2v) is 6.32. The van der Waals surface area contributed by atoms with Crippen LogP contribution in [-0.2, 0) is 4.74 Å². The second kappa shape index (κ2) is 7.19. The van der Waals surface area contributed by atoms with Crippen molar-refractivity contribution in [3.05, 3.63) is 11.9 Å². The Morgan fingerprint density at radius 3 is 3.00 bits per heavy atom. The van der Waals surface area contributed by atoms with Gasteiger partial charge in [0, 0.05) is 13.1 Å². The normalized spacial score (nSPS) is 24.3. The third kappa shape index (κ3) is 3.64.